The molecule has 1 fully saturated rings. The number of rotatable bonds is 5. The van der Waals surface area contributed by atoms with Crippen molar-refractivity contribution in [3.05, 3.63) is 39.7 Å². The topological polar surface area (TPSA) is 72.2 Å². The fourth-order valence-corrected chi connectivity index (χ4v) is 2.76. The number of hydrogen-bond acceptors (Lipinski definition) is 3. The van der Waals surface area contributed by atoms with Crippen LogP contribution < -0.4 is 5.32 Å². The van der Waals surface area contributed by atoms with E-state index in [1.807, 2.05) is 0 Å². The van der Waals surface area contributed by atoms with Crippen LogP contribution in [0.2, 0.25) is 0 Å². The molecule has 1 aromatic carbocycles. The Labute approximate surface area is 122 Å². The molecule has 0 spiro atoms. The Morgan fingerprint density at radius 3 is 2.67 bits per heavy atom. The lowest BCUT2D eigenvalue weighted by atomic mass is 9.87. The molecule has 1 amide bonds. The van der Waals surface area contributed by atoms with E-state index in [9.17, 15) is 19.3 Å². The predicted molar refractivity (Wildman–Crippen MR) is 76.6 cm³/mol. The van der Waals surface area contributed by atoms with Crippen molar-refractivity contribution in [1.82, 2.24) is 5.32 Å². The summed E-state index contributed by atoms with van der Waals surface area (Å²) in [5.41, 5.74) is -0.504. The number of halogens is 1. The van der Waals surface area contributed by atoms with Gasteiger partial charge in [-0.1, -0.05) is 32.1 Å². The SMILES string of the molecule is O=C(NCCC1CCCCC1)c1ccc([N+](=O)[O-])c(F)c1. The highest BCUT2D eigenvalue weighted by atomic mass is 19.1. The molecule has 0 saturated heterocycles. The van der Waals surface area contributed by atoms with Crippen LogP contribution in [0.4, 0.5) is 10.1 Å². The molecular formula is C15H19FN2O3. The van der Waals surface area contributed by atoms with Crippen LogP contribution in [0.25, 0.3) is 0 Å². The Bertz CT molecular complexity index is 528. The molecule has 1 aliphatic rings. The Kier molecular flexibility index (Phi) is 5.25. The number of nitro benzene ring substituents is 1. The Hall–Kier alpha value is -1.98. The van der Waals surface area contributed by atoms with Gasteiger partial charge in [0, 0.05) is 18.2 Å². The molecule has 2 rings (SSSR count). The molecule has 0 radical (unpaired) electrons. The summed E-state index contributed by atoms with van der Waals surface area (Å²) in [5.74, 6) is -0.716. The molecule has 1 saturated carbocycles. The van der Waals surface area contributed by atoms with Crippen LogP contribution >= 0.6 is 0 Å². The van der Waals surface area contributed by atoms with Gasteiger partial charge in [-0.05, 0) is 24.5 Å². The summed E-state index contributed by atoms with van der Waals surface area (Å²) >= 11 is 0. The largest absolute Gasteiger partial charge is 0.352 e. The average molecular weight is 294 g/mol. The van der Waals surface area contributed by atoms with Crippen LogP contribution in [0.3, 0.4) is 0 Å². The summed E-state index contributed by atoms with van der Waals surface area (Å²) in [6, 6.07) is 3.20. The first kappa shape index (κ1) is 15.4. The van der Waals surface area contributed by atoms with E-state index in [4.69, 9.17) is 0 Å². The van der Waals surface area contributed by atoms with E-state index in [2.05, 4.69) is 5.32 Å². The van der Waals surface area contributed by atoms with Crippen molar-refractivity contribution in [3.8, 4) is 0 Å². The minimum Gasteiger partial charge on any atom is -0.352 e. The van der Waals surface area contributed by atoms with E-state index in [0.717, 1.165) is 18.6 Å². The average Bonchev–Trinajstić information content (AvgIpc) is 2.47. The molecule has 21 heavy (non-hydrogen) atoms. The van der Waals surface area contributed by atoms with Gasteiger partial charge in [0.05, 0.1) is 4.92 Å². The Balaban J connectivity index is 1.85. The fourth-order valence-electron chi connectivity index (χ4n) is 2.76. The van der Waals surface area contributed by atoms with Crippen LogP contribution in [0.5, 0.6) is 0 Å². The number of carbonyl (C=O) groups is 1. The number of nitro groups is 1. The zero-order chi connectivity index (χ0) is 15.2. The normalized spacial score (nSPS) is 15.7. The van der Waals surface area contributed by atoms with E-state index < -0.39 is 16.4 Å². The van der Waals surface area contributed by atoms with Crippen molar-refractivity contribution >= 4 is 11.6 Å². The maximum absolute atomic E-state index is 13.5. The van der Waals surface area contributed by atoms with Crippen LogP contribution in [0.15, 0.2) is 18.2 Å². The summed E-state index contributed by atoms with van der Waals surface area (Å²) in [4.78, 5) is 21.6. The molecule has 1 aromatic rings. The second kappa shape index (κ2) is 7.15. The highest BCUT2D eigenvalue weighted by molar-refractivity contribution is 5.94. The second-order valence-electron chi connectivity index (χ2n) is 5.47. The third kappa shape index (κ3) is 4.24. The summed E-state index contributed by atoms with van der Waals surface area (Å²) < 4.78 is 13.5. The van der Waals surface area contributed by atoms with E-state index in [-0.39, 0.29) is 11.5 Å². The van der Waals surface area contributed by atoms with Gasteiger partial charge in [0.2, 0.25) is 5.82 Å². The van der Waals surface area contributed by atoms with Crippen molar-refractivity contribution in [3.63, 3.8) is 0 Å². The molecule has 0 heterocycles. The lowest BCUT2D eigenvalue weighted by Crippen LogP contribution is -2.26. The maximum atomic E-state index is 13.5. The number of nitrogens with one attached hydrogen (secondary N) is 1. The monoisotopic (exact) mass is 294 g/mol. The fraction of sp³-hybridized carbons (Fsp3) is 0.533. The Morgan fingerprint density at radius 2 is 2.05 bits per heavy atom. The number of carbonyl (C=O) groups excluding carboxylic acids is 1. The van der Waals surface area contributed by atoms with Crippen LogP contribution in [0.1, 0.15) is 48.9 Å². The molecule has 5 nitrogen and oxygen atoms in total. The van der Waals surface area contributed by atoms with Crippen molar-refractivity contribution in [2.45, 2.75) is 38.5 Å². The van der Waals surface area contributed by atoms with Gasteiger partial charge in [-0.3, -0.25) is 14.9 Å². The zero-order valence-corrected chi connectivity index (χ0v) is 11.8. The first-order valence-corrected chi connectivity index (χ1v) is 7.30. The number of benzene rings is 1. The third-order valence-corrected chi connectivity index (χ3v) is 3.97. The van der Waals surface area contributed by atoms with E-state index in [1.54, 1.807) is 0 Å². The molecule has 6 heteroatoms. The quantitative estimate of drug-likeness (QED) is 0.668. The minimum absolute atomic E-state index is 0.113. The second-order valence-corrected chi connectivity index (χ2v) is 5.47. The molecule has 0 atom stereocenters. The summed E-state index contributed by atoms with van der Waals surface area (Å²) in [7, 11) is 0. The highest BCUT2D eigenvalue weighted by Crippen LogP contribution is 2.25. The highest BCUT2D eigenvalue weighted by Gasteiger charge is 2.17. The predicted octanol–water partition coefficient (Wildman–Crippen LogP) is 3.43. The number of hydrogen-bond donors (Lipinski definition) is 1. The molecule has 0 aliphatic heterocycles. The number of nitrogens with zero attached hydrogens (tertiary/aromatic N) is 1. The maximum Gasteiger partial charge on any atom is 0.304 e. The van der Waals surface area contributed by atoms with Gasteiger partial charge in [0.1, 0.15) is 0 Å². The standard InChI is InChI=1S/C15H19FN2O3/c16-13-10-12(6-7-14(13)18(20)21)15(19)17-9-8-11-4-2-1-3-5-11/h6-7,10-11H,1-5,8-9H2,(H,17,19). The van der Waals surface area contributed by atoms with Crippen LogP contribution in [-0.2, 0) is 0 Å². The smallest absolute Gasteiger partial charge is 0.304 e. The van der Waals surface area contributed by atoms with E-state index >= 15 is 0 Å². The van der Waals surface area contributed by atoms with Gasteiger partial charge < -0.3 is 5.32 Å². The van der Waals surface area contributed by atoms with Crippen molar-refractivity contribution in [2.75, 3.05) is 6.54 Å². The lowest BCUT2D eigenvalue weighted by Gasteiger charge is -2.21. The van der Waals surface area contributed by atoms with E-state index in [1.165, 1.54) is 38.2 Å². The first-order valence-electron chi connectivity index (χ1n) is 7.30. The van der Waals surface area contributed by atoms with Crippen molar-refractivity contribution < 1.29 is 14.1 Å². The summed E-state index contributed by atoms with van der Waals surface area (Å²) in [6.45, 7) is 0.558. The van der Waals surface area contributed by atoms with E-state index in [0.29, 0.717) is 12.5 Å². The third-order valence-electron chi connectivity index (χ3n) is 3.97. The van der Waals surface area contributed by atoms with Gasteiger partial charge in [0.15, 0.2) is 0 Å². The molecule has 1 N–H and O–H groups in total. The molecule has 0 unspecified atom stereocenters. The summed E-state index contributed by atoms with van der Waals surface area (Å²) in [5, 5.41) is 13.3. The summed E-state index contributed by atoms with van der Waals surface area (Å²) in [6.07, 6.45) is 7.16. The molecular weight excluding hydrogens is 275 g/mol. The molecule has 1 aliphatic carbocycles. The van der Waals surface area contributed by atoms with Gasteiger partial charge >= 0.3 is 5.69 Å². The van der Waals surface area contributed by atoms with Gasteiger partial charge in [-0.25, -0.2) is 0 Å². The first-order chi connectivity index (χ1) is 10.1. The van der Waals surface area contributed by atoms with Crippen LogP contribution in [-0.4, -0.2) is 17.4 Å². The van der Waals surface area contributed by atoms with Crippen LogP contribution in [0, 0.1) is 21.8 Å². The van der Waals surface area contributed by atoms with Crippen molar-refractivity contribution in [2.24, 2.45) is 5.92 Å². The van der Waals surface area contributed by atoms with Gasteiger partial charge in [-0.15, -0.1) is 0 Å². The van der Waals surface area contributed by atoms with Gasteiger partial charge in [-0.2, -0.15) is 4.39 Å². The van der Waals surface area contributed by atoms with Gasteiger partial charge in [0.25, 0.3) is 5.91 Å². The zero-order valence-electron chi connectivity index (χ0n) is 11.8. The minimum atomic E-state index is -0.986. The number of amides is 1. The molecule has 114 valence electrons. The van der Waals surface area contributed by atoms with Crippen molar-refractivity contribution in [1.29, 1.82) is 0 Å². The molecule has 0 bridgehead atoms. The molecule has 0 aromatic heterocycles. The Morgan fingerprint density at radius 1 is 1.33 bits per heavy atom. The lowest BCUT2D eigenvalue weighted by molar-refractivity contribution is -0.387.